The molecule has 0 bridgehead atoms. The number of benzene rings is 2. The van der Waals surface area contributed by atoms with Crippen LogP contribution in [0, 0.1) is 11.2 Å². The maximum atomic E-state index is 14.0. The Balaban J connectivity index is 2.19. The fourth-order valence-electron chi connectivity index (χ4n) is 2.57. The normalized spacial score (nSPS) is 11.0. The standard InChI is InChI=1S/C18H20BrClFN3O2/c1-26-12-4-2-11(3-5-12)9-24(6-7-25)10-15(22)16-13(19)8-14(20)17(21)18(16)23/h2-5,8,22,25H,6-7,9-10,23H2,1H3. The zero-order chi connectivity index (χ0) is 19.3. The number of hydrogen-bond acceptors (Lipinski definition) is 5. The van der Waals surface area contributed by atoms with Crippen molar-refractivity contribution in [1.82, 2.24) is 4.90 Å². The van der Waals surface area contributed by atoms with E-state index in [9.17, 15) is 9.50 Å². The number of hydrogen-bond donors (Lipinski definition) is 3. The van der Waals surface area contributed by atoms with Crippen molar-refractivity contribution in [3.05, 3.63) is 56.8 Å². The van der Waals surface area contributed by atoms with Gasteiger partial charge in [0.1, 0.15) is 5.75 Å². The molecule has 0 spiro atoms. The Morgan fingerprint density at radius 3 is 2.62 bits per heavy atom. The lowest BCUT2D eigenvalue weighted by Crippen LogP contribution is -2.32. The van der Waals surface area contributed by atoms with E-state index in [1.807, 2.05) is 29.2 Å². The van der Waals surface area contributed by atoms with Crippen molar-refractivity contribution in [2.45, 2.75) is 6.54 Å². The third-order valence-electron chi connectivity index (χ3n) is 3.87. The van der Waals surface area contributed by atoms with Gasteiger partial charge >= 0.3 is 0 Å². The summed E-state index contributed by atoms with van der Waals surface area (Å²) in [6, 6.07) is 8.91. The molecular weight excluding hydrogens is 425 g/mol. The highest BCUT2D eigenvalue weighted by molar-refractivity contribution is 9.10. The summed E-state index contributed by atoms with van der Waals surface area (Å²) < 4.78 is 19.6. The molecule has 8 heteroatoms. The van der Waals surface area contributed by atoms with Gasteiger partial charge in [-0.25, -0.2) is 4.39 Å². The molecular formula is C18H20BrClFN3O2. The summed E-state index contributed by atoms with van der Waals surface area (Å²) in [5, 5.41) is 17.6. The molecule has 0 unspecified atom stereocenters. The van der Waals surface area contributed by atoms with Crippen LogP contribution in [0.15, 0.2) is 34.8 Å². The second kappa shape index (κ2) is 9.32. The summed E-state index contributed by atoms with van der Waals surface area (Å²) in [5.74, 6) is 0.0158. The molecule has 0 atom stereocenters. The average molecular weight is 445 g/mol. The maximum Gasteiger partial charge on any atom is 0.165 e. The predicted molar refractivity (Wildman–Crippen MR) is 106 cm³/mol. The number of rotatable bonds is 8. The molecule has 0 fully saturated rings. The highest BCUT2D eigenvalue weighted by Gasteiger charge is 2.19. The number of nitrogen functional groups attached to an aromatic ring is 1. The monoisotopic (exact) mass is 443 g/mol. The third-order valence-corrected chi connectivity index (χ3v) is 4.77. The van der Waals surface area contributed by atoms with Crippen LogP contribution >= 0.6 is 27.5 Å². The highest BCUT2D eigenvalue weighted by atomic mass is 79.9. The molecule has 2 aromatic carbocycles. The van der Waals surface area contributed by atoms with E-state index in [1.165, 1.54) is 6.07 Å². The Labute approximate surface area is 165 Å². The first-order valence-electron chi connectivity index (χ1n) is 7.84. The zero-order valence-electron chi connectivity index (χ0n) is 14.2. The van der Waals surface area contributed by atoms with Gasteiger partial charge in [-0.15, -0.1) is 0 Å². The molecule has 0 saturated carbocycles. The number of halogens is 3. The second-order valence-electron chi connectivity index (χ2n) is 5.70. The quantitative estimate of drug-likeness (QED) is 0.329. The second-order valence-corrected chi connectivity index (χ2v) is 6.97. The predicted octanol–water partition coefficient (Wildman–Crippen LogP) is 3.69. The number of ether oxygens (including phenoxy) is 1. The van der Waals surface area contributed by atoms with E-state index < -0.39 is 5.82 Å². The lowest BCUT2D eigenvalue weighted by molar-refractivity contribution is 0.207. The Kier molecular flexibility index (Phi) is 7.40. The smallest absolute Gasteiger partial charge is 0.165 e. The van der Waals surface area contributed by atoms with Gasteiger partial charge in [-0.2, -0.15) is 0 Å². The summed E-state index contributed by atoms with van der Waals surface area (Å²) in [4.78, 5) is 1.88. The van der Waals surface area contributed by atoms with Gasteiger partial charge in [0.05, 0.1) is 30.1 Å². The van der Waals surface area contributed by atoms with Gasteiger partial charge in [0, 0.05) is 29.7 Å². The average Bonchev–Trinajstić information content (AvgIpc) is 2.60. The van der Waals surface area contributed by atoms with Crippen molar-refractivity contribution in [3.8, 4) is 5.75 Å². The molecule has 0 aliphatic heterocycles. The first-order chi connectivity index (χ1) is 12.4. The molecule has 26 heavy (non-hydrogen) atoms. The van der Waals surface area contributed by atoms with Crippen LogP contribution in [0.4, 0.5) is 10.1 Å². The van der Waals surface area contributed by atoms with Crippen LogP contribution in [0.1, 0.15) is 11.1 Å². The van der Waals surface area contributed by atoms with Gasteiger partial charge in [-0.1, -0.05) is 23.7 Å². The first kappa shape index (κ1) is 20.6. The number of nitrogens with one attached hydrogen (secondary N) is 1. The fraction of sp³-hybridized carbons (Fsp3) is 0.278. The van der Waals surface area contributed by atoms with Crippen molar-refractivity contribution in [2.24, 2.45) is 0 Å². The zero-order valence-corrected chi connectivity index (χ0v) is 16.6. The molecule has 140 valence electrons. The maximum absolute atomic E-state index is 14.0. The molecule has 0 saturated heterocycles. The molecule has 0 radical (unpaired) electrons. The number of aliphatic hydroxyl groups excluding tert-OH is 1. The lowest BCUT2D eigenvalue weighted by Gasteiger charge is -2.23. The van der Waals surface area contributed by atoms with Crippen molar-refractivity contribution >= 4 is 38.9 Å². The third kappa shape index (κ3) is 4.94. The number of nitrogens with zero attached hydrogens (tertiary/aromatic N) is 1. The van der Waals surface area contributed by atoms with Crippen molar-refractivity contribution in [2.75, 3.05) is 32.5 Å². The Morgan fingerprint density at radius 1 is 1.38 bits per heavy atom. The van der Waals surface area contributed by atoms with E-state index in [4.69, 9.17) is 27.5 Å². The van der Waals surface area contributed by atoms with Crippen LogP contribution in [0.3, 0.4) is 0 Å². The minimum Gasteiger partial charge on any atom is -0.497 e. The number of anilines is 1. The summed E-state index contributed by atoms with van der Waals surface area (Å²) in [6.07, 6.45) is 0. The molecule has 0 aromatic heterocycles. The van der Waals surface area contributed by atoms with Crippen LogP contribution in [-0.4, -0.2) is 42.5 Å². The van der Waals surface area contributed by atoms with E-state index >= 15 is 0 Å². The number of methoxy groups -OCH3 is 1. The molecule has 2 rings (SSSR count). The number of nitrogens with two attached hydrogens (primary N) is 1. The molecule has 2 aromatic rings. The lowest BCUT2D eigenvalue weighted by atomic mass is 10.1. The van der Waals surface area contributed by atoms with Gasteiger partial charge in [-0.05, 0) is 39.7 Å². The molecule has 0 amide bonds. The van der Waals surface area contributed by atoms with Gasteiger partial charge in [0.25, 0.3) is 0 Å². The van der Waals surface area contributed by atoms with Gasteiger partial charge in [0.15, 0.2) is 5.82 Å². The van der Waals surface area contributed by atoms with Crippen LogP contribution < -0.4 is 10.5 Å². The minimum atomic E-state index is -0.738. The van der Waals surface area contributed by atoms with Crippen molar-refractivity contribution in [1.29, 1.82) is 5.41 Å². The fourth-order valence-corrected chi connectivity index (χ4v) is 3.59. The van der Waals surface area contributed by atoms with E-state index in [0.717, 1.165) is 11.3 Å². The molecule has 0 aliphatic carbocycles. The van der Waals surface area contributed by atoms with E-state index in [-0.39, 0.29) is 35.1 Å². The Morgan fingerprint density at radius 2 is 2.04 bits per heavy atom. The van der Waals surface area contributed by atoms with E-state index in [2.05, 4.69) is 15.9 Å². The topological polar surface area (TPSA) is 82.6 Å². The summed E-state index contributed by atoms with van der Waals surface area (Å²) in [6.45, 7) is 1.01. The largest absolute Gasteiger partial charge is 0.497 e. The van der Waals surface area contributed by atoms with Crippen LogP contribution in [-0.2, 0) is 6.54 Å². The summed E-state index contributed by atoms with van der Waals surface area (Å²) in [7, 11) is 1.60. The minimum absolute atomic E-state index is 0.0605. The summed E-state index contributed by atoms with van der Waals surface area (Å²) >= 11 is 9.06. The summed E-state index contributed by atoms with van der Waals surface area (Å²) in [5.41, 5.74) is 7.04. The van der Waals surface area contributed by atoms with Gasteiger partial charge < -0.3 is 21.0 Å². The highest BCUT2D eigenvalue weighted by Crippen LogP contribution is 2.31. The number of aliphatic hydroxyl groups is 1. The van der Waals surface area contributed by atoms with Crippen LogP contribution in [0.25, 0.3) is 0 Å². The van der Waals surface area contributed by atoms with Crippen molar-refractivity contribution in [3.63, 3.8) is 0 Å². The molecule has 0 aliphatic rings. The van der Waals surface area contributed by atoms with E-state index in [0.29, 0.717) is 17.6 Å². The Hall–Kier alpha value is -1.67. The first-order valence-corrected chi connectivity index (χ1v) is 9.01. The van der Waals surface area contributed by atoms with Crippen LogP contribution in [0.5, 0.6) is 5.75 Å². The van der Waals surface area contributed by atoms with E-state index in [1.54, 1.807) is 7.11 Å². The van der Waals surface area contributed by atoms with Gasteiger partial charge in [0.2, 0.25) is 0 Å². The van der Waals surface area contributed by atoms with Crippen LogP contribution in [0.2, 0.25) is 5.02 Å². The SMILES string of the molecule is COc1ccc(CN(CCO)CC(=N)c2c(Br)cc(Cl)c(F)c2N)cc1. The van der Waals surface area contributed by atoms with Gasteiger partial charge in [-0.3, -0.25) is 4.90 Å². The molecule has 4 N–H and O–H groups in total. The Bertz CT molecular complexity index is 787. The molecule has 5 nitrogen and oxygen atoms in total. The molecule has 0 heterocycles. The van der Waals surface area contributed by atoms with Crippen molar-refractivity contribution < 1.29 is 14.2 Å².